The van der Waals surface area contributed by atoms with Gasteiger partial charge in [0.05, 0.1) is 4.90 Å². The maximum absolute atomic E-state index is 11.6. The van der Waals surface area contributed by atoms with E-state index in [-0.39, 0.29) is 10.8 Å². The predicted octanol–water partition coefficient (Wildman–Crippen LogP) is 6.00. The Hall–Kier alpha value is -1.87. The van der Waals surface area contributed by atoms with E-state index in [0.29, 0.717) is 4.90 Å². The molecule has 2 aromatic rings. The molecule has 0 N–H and O–H groups in total. The van der Waals surface area contributed by atoms with E-state index in [0.717, 1.165) is 5.56 Å². The van der Waals surface area contributed by atoms with E-state index in [4.69, 9.17) is 0 Å². The number of hydrogen-bond donors (Lipinski definition) is 0. The number of rotatable bonds is 3. The molecule has 0 aromatic heterocycles. The second-order valence-corrected chi connectivity index (χ2v) is 11.2. The molecule has 2 aromatic carbocycles. The highest BCUT2D eigenvalue weighted by Gasteiger charge is 2.36. The summed E-state index contributed by atoms with van der Waals surface area (Å²) in [5.74, 6) is 0. The van der Waals surface area contributed by atoms with Gasteiger partial charge in [0, 0.05) is 6.26 Å². The zero-order valence-electron chi connectivity index (χ0n) is 17.3. The van der Waals surface area contributed by atoms with Crippen molar-refractivity contribution in [2.75, 3.05) is 6.26 Å². The first-order valence-corrected chi connectivity index (χ1v) is 11.4. The molecule has 3 heteroatoms. The van der Waals surface area contributed by atoms with Gasteiger partial charge >= 0.3 is 0 Å². The van der Waals surface area contributed by atoms with Gasteiger partial charge in [-0.2, -0.15) is 0 Å². The fourth-order valence-electron chi connectivity index (χ4n) is 3.98. The van der Waals surface area contributed by atoms with Crippen LogP contribution in [0.5, 0.6) is 0 Å². The van der Waals surface area contributed by atoms with Gasteiger partial charge in [0.25, 0.3) is 0 Å². The average Bonchev–Trinajstić information content (AvgIpc) is 2.58. The van der Waals surface area contributed by atoms with E-state index in [2.05, 4.69) is 58.9 Å². The second-order valence-electron chi connectivity index (χ2n) is 9.20. The molecule has 1 aliphatic carbocycles. The van der Waals surface area contributed by atoms with Crippen molar-refractivity contribution in [1.82, 2.24) is 0 Å². The summed E-state index contributed by atoms with van der Waals surface area (Å²) in [5.41, 5.74) is 6.76. The van der Waals surface area contributed by atoms with Gasteiger partial charge < -0.3 is 0 Å². The van der Waals surface area contributed by atoms with Gasteiger partial charge in [-0.25, -0.2) is 8.42 Å². The van der Waals surface area contributed by atoms with Crippen molar-refractivity contribution in [3.8, 4) is 0 Å². The third-order valence-corrected chi connectivity index (χ3v) is 7.13. The van der Waals surface area contributed by atoms with Crippen LogP contribution in [-0.4, -0.2) is 14.7 Å². The maximum atomic E-state index is 11.6. The normalized spacial score (nSPS) is 18.8. The second kappa shape index (κ2) is 6.63. The molecule has 0 radical (unpaired) electrons. The minimum atomic E-state index is -3.16. The molecular weight excluding hydrogens is 352 g/mol. The largest absolute Gasteiger partial charge is 0.224 e. The van der Waals surface area contributed by atoms with E-state index in [1.807, 2.05) is 12.1 Å². The third-order valence-electron chi connectivity index (χ3n) is 6.00. The molecule has 0 atom stereocenters. The van der Waals surface area contributed by atoms with Crippen LogP contribution in [0.15, 0.2) is 47.4 Å². The molecule has 0 saturated heterocycles. The molecular formula is C24H30O2S. The Morgan fingerprint density at radius 1 is 0.889 bits per heavy atom. The van der Waals surface area contributed by atoms with Crippen LogP contribution in [-0.2, 0) is 20.7 Å². The van der Waals surface area contributed by atoms with Crippen LogP contribution in [0.1, 0.15) is 69.7 Å². The minimum absolute atomic E-state index is 0.193. The van der Waals surface area contributed by atoms with Crippen molar-refractivity contribution in [3.05, 3.63) is 64.7 Å². The molecule has 144 valence electrons. The standard InChI is InChI=1S/C24H30O2S/c1-17(15-18-7-10-20(11-8-18)27(6,25)26)19-9-12-21-22(16-19)24(4,5)14-13-23(21,2)3/h7-12,15-16H,13-14H2,1-6H3. The number of fused-ring (bicyclic) bond motifs is 1. The molecule has 0 heterocycles. The van der Waals surface area contributed by atoms with Crippen LogP contribution >= 0.6 is 0 Å². The van der Waals surface area contributed by atoms with Crippen LogP contribution in [0.25, 0.3) is 11.6 Å². The fourth-order valence-corrected chi connectivity index (χ4v) is 4.61. The van der Waals surface area contributed by atoms with Gasteiger partial charge in [-0.05, 0) is 70.6 Å². The summed E-state index contributed by atoms with van der Waals surface area (Å²) in [7, 11) is -3.16. The SMILES string of the molecule is CC(=Cc1ccc(S(C)(=O)=O)cc1)c1ccc2c(c1)C(C)(C)CCC2(C)C. The first-order valence-electron chi connectivity index (χ1n) is 9.54. The summed E-state index contributed by atoms with van der Waals surface area (Å²) in [6.45, 7) is 11.5. The topological polar surface area (TPSA) is 34.1 Å². The van der Waals surface area contributed by atoms with Crippen molar-refractivity contribution in [1.29, 1.82) is 0 Å². The molecule has 0 fully saturated rings. The first-order chi connectivity index (χ1) is 12.4. The van der Waals surface area contributed by atoms with E-state index in [1.165, 1.54) is 41.4 Å². The Morgan fingerprint density at radius 2 is 1.44 bits per heavy atom. The number of sulfone groups is 1. The Kier molecular flexibility index (Phi) is 4.88. The zero-order chi connectivity index (χ0) is 20.0. The van der Waals surface area contributed by atoms with Crippen molar-refractivity contribution in [2.45, 2.75) is 63.2 Å². The molecule has 0 spiro atoms. The lowest BCUT2D eigenvalue weighted by atomic mass is 9.63. The summed E-state index contributed by atoms with van der Waals surface area (Å²) in [5, 5.41) is 0. The highest BCUT2D eigenvalue weighted by atomic mass is 32.2. The van der Waals surface area contributed by atoms with E-state index >= 15 is 0 Å². The minimum Gasteiger partial charge on any atom is -0.224 e. The number of allylic oxidation sites excluding steroid dienone is 1. The highest BCUT2D eigenvalue weighted by Crippen LogP contribution is 2.46. The smallest absolute Gasteiger partial charge is 0.175 e. The van der Waals surface area contributed by atoms with Crippen molar-refractivity contribution in [2.24, 2.45) is 0 Å². The zero-order valence-corrected chi connectivity index (χ0v) is 18.1. The van der Waals surface area contributed by atoms with Crippen LogP contribution < -0.4 is 0 Å². The van der Waals surface area contributed by atoms with Gasteiger partial charge in [-0.3, -0.25) is 0 Å². The lowest BCUT2D eigenvalue weighted by Gasteiger charge is -2.42. The summed E-state index contributed by atoms with van der Waals surface area (Å²) in [6.07, 6.45) is 5.77. The van der Waals surface area contributed by atoms with Gasteiger partial charge in [0.15, 0.2) is 9.84 Å². The van der Waals surface area contributed by atoms with Gasteiger partial charge in [0.1, 0.15) is 0 Å². The summed E-state index contributed by atoms with van der Waals surface area (Å²) >= 11 is 0. The Labute approximate surface area is 164 Å². The third kappa shape index (κ3) is 4.03. The predicted molar refractivity (Wildman–Crippen MR) is 115 cm³/mol. The van der Waals surface area contributed by atoms with Gasteiger partial charge in [-0.1, -0.05) is 64.1 Å². The molecule has 0 bridgehead atoms. The van der Waals surface area contributed by atoms with Crippen molar-refractivity contribution in [3.63, 3.8) is 0 Å². The molecule has 0 amide bonds. The molecule has 3 rings (SSSR count). The first kappa shape index (κ1) is 19.9. The molecule has 2 nitrogen and oxygen atoms in total. The Balaban J connectivity index is 1.98. The lowest BCUT2D eigenvalue weighted by Crippen LogP contribution is -2.33. The quantitative estimate of drug-likeness (QED) is 0.610. The maximum Gasteiger partial charge on any atom is 0.175 e. The van der Waals surface area contributed by atoms with Crippen molar-refractivity contribution < 1.29 is 8.42 Å². The molecule has 0 saturated carbocycles. The van der Waals surface area contributed by atoms with Crippen LogP contribution in [0.4, 0.5) is 0 Å². The Bertz CT molecular complexity index is 991. The van der Waals surface area contributed by atoms with Crippen LogP contribution in [0.3, 0.4) is 0 Å². The highest BCUT2D eigenvalue weighted by molar-refractivity contribution is 7.90. The van der Waals surface area contributed by atoms with E-state index < -0.39 is 9.84 Å². The van der Waals surface area contributed by atoms with Crippen LogP contribution in [0, 0.1) is 0 Å². The van der Waals surface area contributed by atoms with E-state index in [9.17, 15) is 8.42 Å². The summed E-state index contributed by atoms with van der Waals surface area (Å²) < 4.78 is 23.2. The number of hydrogen-bond acceptors (Lipinski definition) is 2. The van der Waals surface area contributed by atoms with Crippen LogP contribution in [0.2, 0.25) is 0 Å². The number of benzene rings is 2. The van der Waals surface area contributed by atoms with Gasteiger partial charge in [0.2, 0.25) is 0 Å². The Morgan fingerprint density at radius 3 is 2.00 bits per heavy atom. The summed E-state index contributed by atoms with van der Waals surface area (Å²) in [4.78, 5) is 0.357. The van der Waals surface area contributed by atoms with Crippen molar-refractivity contribution >= 4 is 21.5 Å². The lowest BCUT2D eigenvalue weighted by molar-refractivity contribution is 0.332. The monoisotopic (exact) mass is 382 g/mol. The summed E-state index contributed by atoms with van der Waals surface area (Å²) in [6, 6.07) is 14.0. The van der Waals surface area contributed by atoms with Gasteiger partial charge in [-0.15, -0.1) is 0 Å². The average molecular weight is 383 g/mol. The molecule has 1 aliphatic rings. The molecule has 27 heavy (non-hydrogen) atoms. The van der Waals surface area contributed by atoms with E-state index in [1.54, 1.807) is 12.1 Å². The fraction of sp³-hybridized carbons (Fsp3) is 0.417. The molecule has 0 aliphatic heterocycles. The molecule has 0 unspecified atom stereocenters.